The van der Waals surface area contributed by atoms with E-state index in [-0.39, 0.29) is 0 Å². The second-order valence-corrected chi connectivity index (χ2v) is 1.46. The van der Waals surface area contributed by atoms with Crippen LogP contribution in [0.2, 0.25) is 0 Å². The average Bonchev–Trinajstić information content (AvgIpc) is 1.38. The van der Waals surface area contributed by atoms with Gasteiger partial charge in [0.2, 0.25) is 0 Å². The smallest absolute Gasteiger partial charge is 0.0243 e. The fraction of sp³-hybridized carbons (Fsp3) is 0. The van der Waals surface area contributed by atoms with Crippen LogP contribution in [0.25, 0.3) is 0 Å². The Morgan fingerprint density at radius 2 is 2.20 bits per heavy atom. The van der Waals surface area contributed by atoms with Gasteiger partial charge in [-0.25, -0.2) is 0 Å². The van der Waals surface area contributed by atoms with Gasteiger partial charge in [0.1, 0.15) is 0 Å². The maximum absolute atomic E-state index is 6.41. The summed E-state index contributed by atoms with van der Waals surface area (Å²) in [5.74, 6) is 0. The highest BCUT2D eigenvalue weighted by atomic mass is 31.0. The third-order valence-corrected chi connectivity index (χ3v) is 0.352. The maximum atomic E-state index is 6.41. The Morgan fingerprint density at radius 1 is 2.00 bits per heavy atom. The quantitative estimate of drug-likeness (QED) is 0.364. The lowest BCUT2D eigenvalue weighted by molar-refractivity contribution is 1.58. The SMILES string of the molecule is C=C(P)C=N. The van der Waals surface area contributed by atoms with E-state index in [4.69, 9.17) is 5.41 Å². The highest BCUT2D eigenvalue weighted by Gasteiger charge is 1.61. The summed E-state index contributed by atoms with van der Waals surface area (Å²) in [7, 11) is 2.30. The van der Waals surface area contributed by atoms with Crippen LogP contribution in [0.5, 0.6) is 0 Å². The van der Waals surface area contributed by atoms with Crippen LogP contribution in [0, 0.1) is 5.41 Å². The molecule has 0 radical (unpaired) electrons. The van der Waals surface area contributed by atoms with E-state index < -0.39 is 0 Å². The summed E-state index contributed by atoms with van der Waals surface area (Å²) in [6.07, 6.45) is 1.19. The molecule has 0 saturated carbocycles. The molecule has 0 aromatic carbocycles. The monoisotopic (exact) mass is 87.0 g/mol. The summed E-state index contributed by atoms with van der Waals surface area (Å²) in [4.78, 5) is 0. The second-order valence-electron chi connectivity index (χ2n) is 0.719. The van der Waals surface area contributed by atoms with Crippen LogP contribution in [0.4, 0.5) is 0 Å². The molecule has 0 bridgehead atoms. The van der Waals surface area contributed by atoms with Gasteiger partial charge in [0.05, 0.1) is 0 Å². The van der Waals surface area contributed by atoms with Crippen molar-refractivity contribution in [2.45, 2.75) is 0 Å². The molecule has 1 nitrogen and oxygen atoms in total. The zero-order chi connectivity index (χ0) is 4.28. The number of hydrogen-bond donors (Lipinski definition) is 1. The van der Waals surface area contributed by atoms with Crippen LogP contribution < -0.4 is 0 Å². The molecule has 0 rings (SSSR count). The first-order chi connectivity index (χ1) is 2.27. The Hall–Kier alpha value is -0.160. The molecule has 1 atom stereocenters. The van der Waals surface area contributed by atoms with Gasteiger partial charge in [-0.3, -0.25) is 0 Å². The van der Waals surface area contributed by atoms with Crippen molar-refractivity contribution in [3.63, 3.8) is 0 Å². The Kier molecular flexibility index (Phi) is 2.03. The normalized spacial score (nSPS) is 6.60. The van der Waals surface area contributed by atoms with E-state index in [1.165, 1.54) is 6.21 Å². The van der Waals surface area contributed by atoms with Gasteiger partial charge >= 0.3 is 0 Å². The summed E-state index contributed by atoms with van der Waals surface area (Å²) in [6.45, 7) is 3.39. The summed E-state index contributed by atoms with van der Waals surface area (Å²) in [6, 6.07) is 0. The summed E-state index contributed by atoms with van der Waals surface area (Å²) in [5.41, 5.74) is 0. The molecule has 0 saturated heterocycles. The molecule has 2 heteroatoms. The van der Waals surface area contributed by atoms with Crippen molar-refractivity contribution in [1.29, 1.82) is 5.41 Å². The number of allylic oxidation sites excluding steroid dienone is 1. The molecule has 0 aromatic rings. The molecular formula is C3H6NP. The van der Waals surface area contributed by atoms with Crippen LogP contribution in [0.15, 0.2) is 11.9 Å². The molecule has 0 amide bonds. The first kappa shape index (κ1) is 4.84. The van der Waals surface area contributed by atoms with Crippen LogP contribution in [-0.2, 0) is 0 Å². The standard InChI is InChI=1S/C3H6NP/c1-3(5)2-4/h2,4H,1,5H2. The number of nitrogens with one attached hydrogen (secondary N) is 1. The van der Waals surface area contributed by atoms with Gasteiger partial charge in [-0.15, -0.1) is 9.24 Å². The minimum absolute atomic E-state index is 0.713. The zero-order valence-corrected chi connectivity index (χ0v) is 4.02. The van der Waals surface area contributed by atoms with E-state index in [0.717, 1.165) is 0 Å². The lowest BCUT2D eigenvalue weighted by atomic mass is 10.7. The number of hydrogen-bond acceptors (Lipinski definition) is 1. The van der Waals surface area contributed by atoms with Crippen molar-refractivity contribution in [1.82, 2.24) is 0 Å². The predicted octanol–water partition coefficient (Wildman–Crippen LogP) is 1.02. The molecule has 0 aliphatic rings. The molecule has 0 aliphatic carbocycles. The van der Waals surface area contributed by atoms with Crippen LogP contribution in [0.1, 0.15) is 0 Å². The van der Waals surface area contributed by atoms with Gasteiger partial charge < -0.3 is 5.41 Å². The highest BCUT2D eigenvalue weighted by molar-refractivity contribution is 7.24. The lowest BCUT2D eigenvalue weighted by Gasteiger charge is -1.69. The predicted molar refractivity (Wildman–Crippen MR) is 27.6 cm³/mol. The minimum atomic E-state index is 0.713. The van der Waals surface area contributed by atoms with Crippen molar-refractivity contribution < 1.29 is 0 Å². The number of rotatable bonds is 1. The summed E-state index contributed by atoms with van der Waals surface area (Å²) >= 11 is 0. The molecule has 5 heavy (non-hydrogen) atoms. The van der Waals surface area contributed by atoms with E-state index >= 15 is 0 Å². The van der Waals surface area contributed by atoms with E-state index in [1.807, 2.05) is 0 Å². The molecule has 0 aromatic heterocycles. The van der Waals surface area contributed by atoms with Crippen LogP contribution >= 0.6 is 9.24 Å². The minimum Gasteiger partial charge on any atom is -0.308 e. The zero-order valence-electron chi connectivity index (χ0n) is 2.86. The second kappa shape index (κ2) is 2.10. The molecule has 0 fully saturated rings. The van der Waals surface area contributed by atoms with Crippen LogP contribution in [-0.4, -0.2) is 6.21 Å². The molecule has 0 spiro atoms. The van der Waals surface area contributed by atoms with E-state index in [1.54, 1.807) is 0 Å². The molecule has 1 unspecified atom stereocenters. The largest absolute Gasteiger partial charge is 0.308 e. The Morgan fingerprint density at radius 3 is 2.20 bits per heavy atom. The summed E-state index contributed by atoms with van der Waals surface area (Å²) in [5, 5.41) is 7.12. The van der Waals surface area contributed by atoms with Crippen molar-refractivity contribution in [2.75, 3.05) is 0 Å². The first-order valence-corrected chi connectivity index (χ1v) is 1.80. The summed E-state index contributed by atoms with van der Waals surface area (Å²) < 4.78 is 0. The highest BCUT2D eigenvalue weighted by Crippen LogP contribution is 1.91. The van der Waals surface area contributed by atoms with Gasteiger partial charge in [0.25, 0.3) is 0 Å². The average molecular weight is 87.1 g/mol. The Labute approximate surface area is 33.8 Å². The fourth-order valence-corrected chi connectivity index (χ4v) is 0. The third kappa shape index (κ3) is 3.84. The Balaban J connectivity index is 3.20. The van der Waals surface area contributed by atoms with Gasteiger partial charge in [0, 0.05) is 6.21 Å². The molecule has 28 valence electrons. The Bertz CT molecular complexity index is 57.9. The van der Waals surface area contributed by atoms with E-state index in [9.17, 15) is 0 Å². The van der Waals surface area contributed by atoms with Gasteiger partial charge in [-0.1, -0.05) is 6.58 Å². The van der Waals surface area contributed by atoms with Crippen molar-refractivity contribution in [3.8, 4) is 0 Å². The lowest BCUT2D eigenvalue weighted by Crippen LogP contribution is -1.56. The molecular weight excluding hydrogens is 81.0 g/mol. The van der Waals surface area contributed by atoms with Crippen molar-refractivity contribution in [2.24, 2.45) is 0 Å². The first-order valence-electron chi connectivity index (χ1n) is 1.22. The van der Waals surface area contributed by atoms with Gasteiger partial charge in [-0.05, 0) is 5.31 Å². The fourth-order valence-electron chi connectivity index (χ4n) is 0. The van der Waals surface area contributed by atoms with E-state index in [2.05, 4.69) is 15.8 Å². The molecule has 0 aliphatic heterocycles. The van der Waals surface area contributed by atoms with Crippen molar-refractivity contribution >= 4 is 15.5 Å². The topological polar surface area (TPSA) is 23.9 Å². The van der Waals surface area contributed by atoms with Crippen molar-refractivity contribution in [3.05, 3.63) is 11.9 Å². The third-order valence-electron chi connectivity index (χ3n) is 0.185. The molecule has 0 heterocycles. The van der Waals surface area contributed by atoms with Crippen LogP contribution in [0.3, 0.4) is 0 Å². The molecule has 1 N–H and O–H groups in total. The van der Waals surface area contributed by atoms with E-state index in [0.29, 0.717) is 5.31 Å². The maximum Gasteiger partial charge on any atom is 0.0243 e. The van der Waals surface area contributed by atoms with Gasteiger partial charge in [-0.2, -0.15) is 0 Å². The van der Waals surface area contributed by atoms with Gasteiger partial charge in [0.15, 0.2) is 0 Å².